The number of hydrogen-bond donors (Lipinski definition) is 0. The highest BCUT2D eigenvalue weighted by Crippen LogP contribution is 2.40. The lowest BCUT2D eigenvalue weighted by Gasteiger charge is -2.47. The number of ketones is 1. The van der Waals surface area contributed by atoms with E-state index in [0.29, 0.717) is 17.9 Å². The molecule has 0 radical (unpaired) electrons. The number of likely N-dealkylation sites (tertiary alicyclic amines) is 1. The molecule has 0 N–H and O–H groups in total. The van der Waals surface area contributed by atoms with E-state index in [1.807, 2.05) is 11.8 Å². The lowest BCUT2D eigenvalue weighted by Crippen LogP contribution is -2.53. The van der Waals surface area contributed by atoms with Gasteiger partial charge in [0.25, 0.3) is 0 Å². The van der Waals surface area contributed by atoms with Crippen molar-refractivity contribution in [2.45, 2.75) is 69.6 Å². The van der Waals surface area contributed by atoms with Crippen LogP contribution >= 0.6 is 11.8 Å². The third kappa shape index (κ3) is 3.23. The zero-order chi connectivity index (χ0) is 14.0. The Morgan fingerprint density at radius 3 is 3.05 bits per heavy atom. The maximum absolute atomic E-state index is 11.5. The Hall–Kier alpha value is -0.0600. The number of thioether (sulfide) groups is 1. The van der Waals surface area contributed by atoms with Gasteiger partial charge in [-0.15, -0.1) is 0 Å². The van der Waals surface area contributed by atoms with Crippen molar-refractivity contribution >= 4 is 17.5 Å². The molecule has 3 fully saturated rings. The molecule has 0 saturated carbocycles. The minimum atomic E-state index is 0.159. The van der Waals surface area contributed by atoms with Crippen molar-refractivity contribution in [2.24, 2.45) is 0 Å². The van der Waals surface area contributed by atoms with E-state index in [0.717, 1.165) is 19.4 Å². The average molecular weight is 297 g/mol. The molecule has 0 amide bonds. The SMILES string of the molecule is CC(=O)CC1CCCCN1C1CCOC2(CCSC2)C1. The number of carbonyl (C=O) groups excluding carboxylic acids is 1. The number of rotatable bonds is 3. The fourth-order valence-corrected chi connectivity index (χ4v) is 5.58. The van der Waals surface area contributed by atoms with Gasteiger partial charge in [-0.25, -0.2) is 0 Å². The molecule has 4 heteroatoms. The van der Waals surface area contributed by atoms with Crippen molar-refractivity contribution in [3.63, 3.8) is 0 Å². The van der Waals surface area contributed by atoms with Crippen LogP contribution in [-0.2, 0) is 9.53 Å². The fourth-order valence-electron chi connectivity index (χ4n) is 4.20. The first-order chi connectivity index (χ1) is 9.69. The van der Waals surface area contributed by atoms with Gasteiger partial charge in [0.05, 0.1) is 5.60 Å². The van der Waals surface area contributed by atoms with Gasteiger partial charge in [0.15, 0.2) is 0 Å². The minimum absolute atomic E-state index is 0.159. The molecule has 0 aliphatic carbocycles. The van der Waals surface area contributed by atoms with E-state index in [-0.39, 0.29) is 5.60 Å². The molecule has 0 aromatic heterocycles. The smallest absolute Gasteiger partial charge is 0.131 e. The van der Waals surface area contributed by atoms with Gasteiger partial charge in [-0.3, -0.25) is 9.69 Å². The van der Waals surface area contributed by atoms with E-state index >= 15 is 0 Å². The molecule has 0 bridgehead atoms. The highest BCUT2D eigenvalue weighted by molar-refractivity contribution is 7.99. The zero-order valence-corrected chi connectivity index (χ0v) is 13.4. The first-order valence-electron chi connectivity index (χ1n) is 8.15. The first kappa shape index (κ1) is 14.9. The second-order valence-corrected chi connectivity index (χ2v) is 7.88. The Morgan fingerprint density at radius 1 is 1.40 bits per heavy atom. The molecule has 3 unspecified atom stereocenters. The van der Waals surface area contributed by atoms with Crippen molar-refractivity contribution in [3.8, 4) is 0 Å². The largest absolute Gasteiger partial charge is 0.374 e. The molecule has 114 valence electrons. The van der Waals surface area contributed by atoms with Crippen LogP contribution in [0.15, 0.2) is 0 Å². The van der Waals surface area contributed by atoms with E-state index in [1.54, 1.807) is 6.92 Å². The van der Waals surface area contributed by atoms with Crippen LogP contribution in [0.4, 0.5) is 0 Å². The summed E-state index contributed by atoms with van der Waals surface area (Å²) in [7, 11) is 0. The van der Waals surface area contributed by atoms with Crippen molar-refractivity contribution in [1.82, 2.24) is 4.90 Å². The summed E-state index contributed by atoms with van der Waals surface area (Å²) in [6, 6.07) is 1.14. The molecule has 3 heterocycles. The summed E-state index contributed by atoms with van der Waals surface area (Å²) in [5.41, 5.74) is 0.159. The average Bonchev–Trinajstić information content (AvgIpc) is 2.87. The Labute approximate surface area is 126 Å². The molecule has 1 spiro atoms. The van der Waals surface area contributed by atoms with Gasteiger partial charge in [-0.05, 0) is 51.3 Å². The van der Waals surface area contributed by atoms with E-state index in [4.69, 9.17) is 4.74 Å². The van der Waals surface area contributed by atoms with Crippen LogP contribution in [0.3, 0.4) is 0 Å². The van der Waals surface area contributed by atoms with Crippen molar-refractivity contribution < 1.29 is 9.53 Å². The predicted octanol–water partition coefficient (Wildman–Crippen LogP) is 2.87. The van der Waals surface area contributed by atoms with Gasteiger partial charge in [-0.1, -0.05) is 6.42 Å². The van der Waals surface area contributed by atoms with Crippen LogP contribution in [0.25, 0.3) is 0 Å². The summed E-state index contributed by atoms with van der Waals surface area (Å²) in [6.45, 7) is 3.84. The monoisotopic (exact) mass is 297 g/mol. The van der Waals surface area contributed by atoms with Crippen molar-refractivity contribution in [1.29, 1.82) is 0 Å². The summed E-state index contributed by atoms with van der Waals surface area (Å²) in [6.07, 6.45) is 8.11. The van der Waals surface area contributed by atoms with Crippen LogP contribution in [0.5, 0.6) is 0 Å². The van der Waals surface area contributed by atoms with E-state index in [2.05, 4.69) is 4.90 Å². The highest BCUT2D eigenvalue weighted by atomic mass is 32.2. The quantitative estimate of drug-likeness (QED) is 0.801. The van der Waals surface area contributed by atoms with Gasteiger partial charge in [0.1, 0.15) is 5.78 Å². The molecule has 20 heavy (non-hydrogen) atoms. The Balaban J connectivity index is 1.67. The van der Waals surface area contributed by atoms with Crippen LogP contribution in [0.1, 0.15) is 51.9 Å². The minimum Gasteiger partial charge on any atom is -0.374 e. The zero-order valence-electron chi connectivity index (χ0n) is 12.6. The van der Waals surface area contributed by atoms with Gasteiger partial charge in [0, 0.05) is 30.9 Å². The molecular weight excluding hydrogens is 270 g/mol. The Kier molecular flexibility index (Phi) is 4.73. The normalized spacial score (nSPS) is 39.2. The number of Topliss-reactive ketones (excluding diaryl/α,β-unsaturated/α-hetero) is 1. The van der Waals surface area contributed by atoms with Crippen molar-refractivity contribution in [2.75, 3.05) is 24.7 Å². The number of ether oxygens (including phenoxy) is 1. The van der Waals surface area contributed by atoms with E-state index in [9.17, 15) is 4.79 Å². The maximum Gasteiger partial charge on any atom is 0.131 e. The van der Waals surface area contributed by atoms with Crippen molar-refractivity contribution in [3.05, 3.63) is 0 Å². The molecule has 3 nitrogen and oxygen atoms in total. The fraction of sp³-hybridized carbons (Fsp3) is 0.938. The maximum atomic E-state index is 11.5. The highest BCUT2D eigenvalue weighted by Gasteiger charge is 2.43. The molecule has 3 aliphatic heterocycles. The molecule has 0 aromatic rings. The summed E-state index contributed by atoms with van der Waals surface area (Å²) < 4.78 is 6.15. The van der Waals surface area contributed by atoms with Gasteiger partial charge < -0.3 is 4.74 Å². The molecular formula is C16H27NO2S. The topological polar surface area (TPSA) is 29.5 Å². The lowest BCUT2D eigenvalue weighted by atomic mass is 9.86. The van der Waals surface area contributed by atoms with Crippen LogP contribution in [0, 0.1) is 0 Å². The van der Waals surface area contributed by atoms with E-state index < -0.39 is 0 Å². The number of nitrogens with zero attached hydrogens (tertiary/aromatic N) is 1. The standard InChI is InChI=1S/C16H27NO2S/c1-13(18)10-14-4-2-3-7-17(14)15-5-8-19-16(11-15)6-9-20-12-16/h14-15H,2-12H2,1H3. The number of hydrogen-bond acceptors (Lipinski definition) is 4. The van der Waals surface area contributed by atoms with Crippen LogP contribution in [-0.4, -0.2) is 53.0 Å². The predicted molar refractivity (Wildman–Crippen MR) is 83.3 cm³/mol. The molecule has 0 aromatic carbocycles. The third-order valence-corrected chi connectivity index (χ3v) is 6.42. The van der Waals surface area contributed by atoms with Gasteiger partial charge in [-0.2, -0.15) is 11.8 Å². The Bertz CT molecular complexity index is 354. The molecule has 3 saturated heterocycles. The molecule has 3 atom stereocenters. The van der Waals surface area contributed by atoms with Gasteiger partial charge >= 0.3 is 0 Å². The summed E-state index contributed by atoms with van der Waals surface area (Å²) in [4.78, 5) is 14.2. The van der Waals surface area contributed by atoms with Gasteiger partial charge in [0.2, 0.25) is 0 Å². The van der Waals surface area contributed by atoms with Crippen LogP contribution < -0.4 is 0 Å². The van der Waals surface area contributed by atoms with Crippen LogP contribution in [0.2, 0.25) is 0 Å². The summed E-state index contributed by atoms with van der Waals surface area (Å²) in [5.74, 6) is 2.78. The second kappa shape index (κ2) is 6.37. The second-order valence-electron chi connectivity index (χ2n) is 6.77. The number of piperidine rings is 1. The molecule has 3 aliphatic rings. The third-order valence-electron chi connectivity index (χ3n) is 5.20. The first-order valence-corrected chi connectivity index (χ1v) is 9.31. The summed E-state index contributed by atoms with van der Waals surface area (Å²) >= 11 is 2.04. The summed E-state index contributed by atoms with van der Waals surface area (Å²) in [5, 5.41) is 0. The van der Waals surface area contributed by atoms with E-state index in [1.165, 1.54) is 50.2 Å². The Morgan fingerprint density at radius 2 is 2.30 bits per heavy atom. The number of carbonyl (C=O) groups is 1. The lowest BCUT2D eigenvalue weighted by molar-refractivity contribution is -0.121. The molecule has 3 rings (SSSR count).